The lowest BCUT2D eigenvalue weighted by Crippen LogP contribution is -2.16. The molecule has 0 aliphatic carbocycles. The molecule has 1 aromatic carbocycles. The minimum atomic E-state index is -0.869. The van der Waals surface area contributed by atoms with Gasteiger partial charge in [-0.2, -0.15) is 5.10 Å². The Hall–Kier alpha value is -2.69. The van der Waals surface area contributed by atoms with Crippen LogP contribution in [0.1, 0.15) is 22.7 Å². The zero-order chi connectivity index (χ0) is 14.8. The fraction of sp³-hybridized carbons (Fsp3) is 0.188. The standard InChI is InChI=1S/C16H15N3O2/c1-11-2-4-12(5-3-11)10-13(16(20)21)14-7-9-19-15(18-14)6-8-17-19/h2-9,13H,10H2,1H3,(H,20,21). The molecule has 5 heteroatoms. The predicted octanol–water partition coefficient (Wildman–Crippen LogP) is 2.45. The van der Waals surface area contributed by atoms with Gasteiger partial charge in [0.05, 0.1) is 11.9 Å². The zero-order valence-corrected chi connectivity index (χ0v) is 11.6. The van der Waals surface area contributed by atoms with Gasteiger partial charge in [0.2, 0.25) is 0 Å². The highest BCUT2D eigenvalue weighted by Gasteiger charge is 2.22. The number of benzene rings is 1. The van der Waals surface area contributed by atoms with Crippen LogP contribution in [0, 0.1) is 6.92 Å². The Morgan fingerprint density at radius 1 is 1.24 bits per heavy atom. The van der Waals surface area contributed by atoms with Crippen LogP contribution in [0.5, 0.6) is 0 Å². The Morgan fingerprint density at radius 3 is 2.71 bits per heavy atom. The maximum Gasteiger partial charge on any atom is 0.312 e. The molecule has 0 fully saturated rings. The van der Waals surface area contributed by atoms with Crippen LogP contribution in [-0.2, 0) is 11.2 Å². The molecule has 0 saturated carbocycles. The largest absolute Gasteiger partial charge is 0.481 e. The van der Waals surface area contributed by atoms with Crippen molar-refractivity contribution >= 4 is 11.6 Å². The quantitative estimate of drug-likeness (QED) is 0.797. The minimum Gasteiger partial charge on any atom is -0.481 e. The third-order valence-electron chi connectivity index (χ3n) is 3.50. The van der Waals surface area contributed by atoms with Crippen molar-refractivity contribution in [3.8, 4) is 0 Å². The lowest BCUT2D eigenvalue weighted by molar-refractivity contribution is -0.138. The van der Waals surface area contributed by atoms with E-state index in [1.54, 1.807) is 29.0 Å². The first kappa shape index (κ1) is 13.3. The number of aliphatic carboxylic acids is 1. The summed E-state index contributed by atoms with van der Waals surface area (Å²) in [6, 6.07) is 11.4. The highest BCUT2D eigenvalue weighted by molar-refractivity contribution is 5.76. The van der Waals surface area contributed by atoms with E-state index in [-0.39, 0.29) is 0 Å². The Morgan fingerprint density at radius 2 is 2.00 bits per heavy atom. The topological polar surface area (TPSA) is 67.5 Å². The maximum atomic E-state index is 11.6. The van der Waals surface area contributed by atoms with Gasteiger partial charge < -0.3 is 5.11 Å². The van der Waals surface area contributed by atoms with Crippen LogP contribution in [0.4, 0.5) is 0 Å². The average Bonchev–Trinajstić information content (AvgIpc) is 2.93. The molecule has 2 heterocycles. The van der Waals surface area contributed by atoms with Crippen molar-refractivity contribution in [2.75, 3.05) is 0 Å². The van der Waals surface area contributed by atoms with Crippen LogP contribution >= 0.6 is 0 Å². The van der Waals surface area contributed by atoms with E-state index < -0.39 is 11.9 Å². The molecule has 106 valence electrons. The molecule has 3 rings (SSSR count). The molecule has 0 saturated heterocycles. The summed E-state index contributed by atoms with van der Waals surface area (Å²) in [7, 11) is 0. The van der Waals surface area contributed by atoms with Gasteiger partial charge in [0.1, 0.15) is 5.92 Å². The molecule has 0 bridgehead atoms. The van der Waals surface area contributed by atoms with E-state index in [1.807, 2.05) is 31.2 Å². The molecule has 1 atom stereocenters. The summed E-state index contributed by atoms with van der Waals surface area (Å²) in [6.07, 6.45) is 3.80. The van der Waals surface area contributed by atoms with E-state index in [1.165, 1.54) is 0 Å². The fourth-order valence-corrected chi connectivity index (χ4v) is 2.30. The van der Waals surface area contributed by atoms with Crippen molar-refractivity contribution in [3.63, 3.8) is 0 Å². The molecule has 0 radical (unpaired) electrons. The van der Waals surface area contributed by atoms with Gasteiger partial charge in [-0.3, -0.25) is 4.79 Å². The van der Waals surface area contributed by atoms with Gasteiger partial charge in [-0.05, 0) is 25.0 Å². The summed E-state index contributed by atoms with van der Waals surface area (Å²) in [5, 5.41) is 13.6. The number of aryl methyl sites for hydroxylation is 1. The van der Waals surface area contributed by atoms with Gasteiger partial charge >= 0.3 is 5.97 Å². The average molecular weight is 281 g/mol. The van der Waals surface area contributed by atoms with Gasteiger partial charge in [-0.15, -0.1) is 0 Å². The molecule has 0 spiro atoms. The highest BCUT2D eigenvalue weighted by Crippen LogP contribution is 2.20. The summed E-state index contributed by atoms with van der Waals surface area (Å²) in [5.74, 6) is -1.53. The second-order valence-electron chi connectivity index (χ2n) is 5.07. The number of fused-ring (bicyclic) bond motifs is 1. The zero-order valence-electron chi connectivity index (χ0n) is 11.6. The molecule has 0 aliphatic heterocycles. The molecule has 1 unspecified atom stereocenters. The summed E-state index contributed by atoms with van der Waals surface area (Å²) >= 11 is 0. The smallest absolute Gasteiger partial charge is 0.312 e. The number of carboxylic acids is 1. The number of carbonyl (C=O) groups is 1. The molecule has 2 aromatic heterocycles. The van der Waals surface area contributed by atoms with E-state index in [0.717, 1.165) is 11.1 Å². The molecule has 5 nitrogen and oxygen atoms in total. The van der Waals surface area contributed by atoms with Gasteiger partial charge in [-0.1, -0.05) is 29.8 Å². The number of hydrogen-bond donors (Lipinski definition) is 1. The minimum absolute atomic E-state index is 0.424. The predicted molar refractivity (Wildman–Crippen MR) is 78.2 cm³/mol. The first-order valence-corrected chi connectivity index (χ1v) is 6.72. The Labute approximate surface area is 121 Å². The van der Waals surface area contributed by atoms with Gasteiger partial charge in [0.25, 0.3) is 0 Å². The van der Waals surface area contributed by atoms with Crippen LogP contribution in [-0.4, -0.2) is 25.7 Å². The van der Waals surface area contributed by atoms with Gasteiger partial charge in [0, 0.05) is 12.3 Å². The summed E-state index contributed by atoms with van der Waals surface area (Å²) in [6.45, 7) is 2.01. The maximum absolute atomic E-state index is 11.6. The number of carboxylic acid groups (broad SMARTS) is 1. The number of nitrogens with zero attached hydrogens (tertiary/aromatic N) is 3. The van der Waals surface area contributed by atoms with Crippen LogP contribution < -0.4 is 0 Å². The molecule has 0 amide bonds. The van der Waals surface area contributed by atoms with Crippen LogP contribution in [0.15, 0.2) is 48.8 Å². The summed E-state index contributed by atoms with van der Waals surface area (Å²) in [4.78, 5) is 16.0. The third-order valence-corrected chi connectivity index (χ3v) is 3.50. The second-order valence-corrected chi connectivity index (χ2v) is 5.07. The van der Waals surface area contributed by atoms with Crippen molar-refractivity contribution in [1.82, 2.24) is 14.6 Å². The Kier molecular flexibility index (Phi) is 3.39. The first-order chi connectivity index (χ1) is 10.1. The number of hydrogen-bond acceptors (Lipinski definition) is 3. The molecule has 1 N–H and O–H groups in total. The van der Waals surface area contributed by atoms with E-state index in [0.29, 0.717) is 17.8 Å². The van der Waals surface area contributed by atoms with Gasteiger partial charge in [0.15, 0.2) is 5.65 Å². The van der Waals surface area contributed by atoms with E-state index in [9.17, 15) is 9.90 Å². The number of aromatic nitrogens is 3. The van der Waals surface area contributed by atoms with Gasteiger partial charge in [-0.25, -0.2) is 9.50 Å². The summed E-state index contributed by atoms with van der Waals surface area (Å²) in [5.41, 5.74) is 3.35. The van der Waals surface area contributed by atoms with E-state index in [2.05, 4.69) is 10.1 Å². The lowest BCUT2D eigenvalue weighted by atomic mass is 9.95. The van der Waals surface area contributed by atoms with Crippen molar-refractivity contribution in [2.45, 2.75) is 19.3 Å². The van der Waals surface area contributed by atoms with E-state index in [4.69, 9.17) is 0 Å². The molecule has 21 heavy (non-hydrogen) atoms. The Balaban J connectivity index is 1.93. The second kappa shape index (κ2) is 5.36. The highest BCUT2D eigenvalue weighted by atomic mass is 16.4. The number of rotatable bonds is 4. The van der Waals surface area contributed by atoms with Crippen LogP contribution in [0.2, 0.25) is 0 Å². The molecule has 3 aromatic rings. The van der Waals surface area contributed by atoms with Crippen LogP contribution in [0.3, 0.4) is 0 Å². The lowest BCUT2D eigenvalue weighted by Gasteiger charge is -2.12. The monoisotopic (exact) mass is 281 g/mol. The van der Waals surface area contributed by atoms with E-state index >= 15 is 0 Å². The van der Waals surface area contributed by atoms with Crippen molar-refractivity contribution < 1.29 is 9.90 Å². The molecular weight excluding hydrogens is 266 g/mol. The summed E-state index contributed by atoms with van der Waals surface area (Å²) < 4.78 is 1.62. The third kappa shape index (κ3) is 2.76. The van der Waals surface area contributed by atoms with Crippen molar-refractivity contribution in [3.05, 3.63) is 65.6 Å². The molecular formula is C16H15N3O2. The fourth-order valence-electron chi connectivity index (χ4n) is 2.30. The normalized spacial score (nSPS) is 12.4. The first-order valence-electron chi connectivity index (χ1n) is 6.72. The van der Waals surface area contributed by atoms with Crippen molar-refractivity contribution in [2.24, 2.45) is 0 Å². The molecule has 0 aliphatic rings. The van der Waals surface area contributed by atoms with Crippen LogP contribution in [0.25, 0.3) is 5.65 Å². The SMILES string of the molecule is Cc1ccc(CC(C(=O)O)c2ccn3nccc3n2)cc1. The Bertz CT molecular complexity index is 778. The van der Waals surface area contributed by atoms with Crippen molar-refractivity contribution in [1.29, 1.82) is 0 Å².